The highest BCUT2D eigenvalue weighted by atomic mass is 32.2. The van der Waals surface area contributed by atoms with E-state index >= 15 is 0 Å². The first-order valence-electron chi connectivity index (χ1n) is 9.33. The Balaban J connectivity index is 1.47. The van der Waals surface area contributed by atoms with E-state index in [4.69, 9.17) is 0 Å². The molecule has 2 amide bonds. The maximum atomic E-state index is 12.9. The van der Waals surface area contributed by atoms with E-state index in [1.807, 2.05) is 62.5 Å². The lowest BCUT2D eigenvalue weighted by Gasteiger charge is -2.23. The summed E-state index contributed by atoms with van der Waals surface area (Å²) >= 11 is 1.62. The maximum absolute atomic E-state index is 12.9. The number of H-pyrrole nitrogens is 1. The van der Waals surface area contributed by atoms with Crippen molar-refractivity contribution in [3.05, 3.63) is 65.4 Å². The van der Waals surface area contributed by atoms with Crippen LogP contribution in [0.5, 0.6) is 0 Å². The minimum atomic E-state index is -0.440. The number of hydrogen-bond donors (Lipinski definition) is 2. The van der Waals surface area contributed by atoms with Crippen LogP contribution in [0.2, 0.25) is 0 Å². The third-order valence-electron chi connectivity index (χ3n) is 5.30. The summed E-state index contributed by atoms with van der Waals surface area (Å²) in [5, 5.41) is 4.03. The molecule has 1 saturated heterocycles. The van der Waals surface area contributed by atoms with E-state index in [0.29, 0.717) is 11.6 Å². The number of anilines is 1. The number of nitrogens with one attached hydrogen (secondary N) is 2. The number of carbonyl (C=O) groups excluding carboxylic acids is 2. The zero-order chi connectivity index (χ0) is 19.7. The van der Waals surface area contributed by atoms with Gasteiger partial charge in [0.2, 0.25) is 11.8 Å². The van der Waals surface area contributed by atoms with Gasteiger partial charge >= 0.3 is 0 Å². The third kappa shape index (κ3) is 3.64. The summed E-state index contributed by atoms with van der Waals surface area (Å²) in [6.45, 7) is 4.06. The van der Waals surface area contributed by atoms with Gasteiger partial charge in [-0.15, -0.1) is 11.8 Å². The van der Waals surface area contributed by atoms with Crippen molar-refractivity contribution in [3.8, 4) is 0 Å². The quantitative estimate of drug-likeness (QED) is 0.707. The lowest BCUT2D eigenvalue weighted by atomic mass is 10.1. The molecular formula is C22H23N3O2S. The van der Waals surface area contributed by atoms with E-state index in [2.05, 4.69) is 10.3 Å². The first kappa shape index (κ1) is 18.6. The average molecular weight is 394 g/mol. The van der Waals surface area contributed by atoms with Crippen molar-refractivity contribution in [3.63, 3.8) is 0 Å². The number of para-hydroxylation sites is 1. The minimum absolute atomic E-state index is 0.0185. The summed E-state index contributed by atoms with van der Waals surface area (Å²) in [6.07, 6.45) is 2.17. The molecule has 28 heavy (non-hydrogen) atoms. The fraction of sp³-hybridized carbons (Fsp3) is 0.273. The number of rotatable bonds is 4. The average Bonchev–Trinajstić information content (AvgIpc) is 3.32. The molecule has 1 atom stereocenters. The number of amides is 2. The second-order valence-electron chi connectivity index (χ2n) is 7.20. The third-order valence-corrected chi connectivity index (χ3v) is 6.31. The van der Waals surface area contributed by atoms with Crippen molar-refractivity contribution < 1.29 is 9.59 Å². The Labute approximate surface area is 168 Å². The van der Waals surface area contributed by atoms with Gasteiger partial charge in [0.25, 0.3) is 0 Å². The number of aryl methyl sites for hydroxylation is 2. The summed E-state index contributed by atoms with van der Waals surface area (Å²) < 4.78 is 0. The maximum Gasteiger partial charge on any atom is 0.248 e. The smallest absolute Gasteiger partial charge is 0.248 e. The van der Waals surface area contributed by atoms with Crippen molar-refractivity contribution >= 4 is 40.2 Å². The Morgan fingerprint density at radius 1 is 1.18 bits per heavy atom. The number of benzene rings is 2. The van der Waals surface area contributed by atoms with Gasteiger partial charge in [0.15, 0.2) is 0 Å². The molecule has 1 aliphatic rings. The molecule has 0 bridgehead atoms. The summed E-state index contributed by atoms with van der Waals surface area (Å²) in [5.74, 6) is 1.03. The molecule has 4 rings (SSSR count). The van der Waals surface area contributed by atoms with E-state index in [0.717, 1.165) is 27.7 Å². The number of aromatic amines is 1. The van der Waals surface area contributed by atoms with Gasteiger partial charge in [-0.05, 0) is 48.7 Å². The van der Waals surface area contributed by atoms with Gasteiger partial charge in [0.1, 0.15) is 6.04 Å². The molecule has 3 aromatic rings. The van der Waals surface area contributed by atoms with Crippen LogP contribution in [0.15, 0.2) is 48.7 Å². The molecular weight excluding hydrogens is 370 g/mol. The fourth-order valence-corrected chi connectivity index (χ4v) is 4.67. The molecule has 144 valence electrons. The van der Waals surface area contributed by atoms with E-state index in [9.17, 15) is 9.59 Å². The predicted molar refractivity (Wildman–Crippen MR) is 115 cm³/mol. The van der Waals surface area contributed by atoms with Crippen molar-refractivity contribution in [1.29, 1.82) is 0 Å². The van der Waals surface area contributed by atoms with Crippen LogP contribution < -0.4 is 5.32 Å². The zero-order valence-electron chi connectivity index (χ0n) is 16.0. The number of fused-ring (bicyclic) bond motifs is 1. The van der Waals surface area contributed by atoms with E-state index in [-0.39, 0.29) is 18.2 Å². The fourth-order valence-electron chi connectivity index (χ4n) is 3.49. The summed E-state index contributed by atoms with van der Waals surface area (Å²) in [6, 6.07) is 13.4. The van der Waals surface area contributed by atoms with Gasteiger partial charge in [0, 0.05) is 28.5 Å². The molecule has 6 heteroatoms. The Bertz CT molecular complexity index is 1040. The van der Waals surface area contributed by atoms with Gasteiger partial charge < -0.3 is 15.2 Å². The van der Waals surface area contributed by atoms with Crippen molar-refractivity contribution in [2.75, 3.05) is 16.9 Å². The van der Waals surface area contributed by atoms with Gasteiger partial charge in [-0.25, -0.2) is 0 Å². The normalized spacial score (nSPS) is 16.5. The Kier molecular flexibility index (Phi) is 5.13. The van der Waals surface area contributed by atoms with Crippen molar-refractivity contribution in [2.24, 2.45) is 0 Å². The van der Waals surface area contributed by atoms with Gasteiger partial charge in [-0.1, -0.05) is 24.3 Å². The first-order valence-corrected chi connectivity index (χ1v) is 10.5. The summed E-state index contributed by atoms with van der Waals surface area (Å²) in [7, 11) is 0. The number of thioether (sulfide) groups is 1. The molecule has 2 heterocycles. The van der Waals surface area contributed by atoms with Gasteiger partial charge in [-0.3, -0.25) is 9.59 Å². The number of carbonyl (C=O) groups is 2. The predicted octanol–water partition coefficient (Wildman–Crippen LogP) is 3.87. The van der Waals surface area contributed by atoms with Crippen LogP contribution in [0.1, 0.15) is 16.7 Å². The molecule has 0 spiro atoms. The molecule has 1 fully saturated rings. The van der Waals surface area contributed by atoms with E-state index < -0.39 is 6.04 Å². The molecule has 2 aromatic carbocycles. The largest absolute Gasteiger partial charge is 0.361 e. The van der Waals surface area contributed by atoms with Crippen LogP contribution in [-0.4, -0.2) is 39.4 Å². The zero-order valence-corrected chi connectivity index (χ0v) is 16.8. The second kappa shape index (κ2) is 7.72. The lowest BCUT2D eigenvalue weighted by molar-refractivity contribution is -0.135. The summed E-state index contributed by atoms with van der Waals surface area (Å²) in [5.41, 5.74) is 5.07. The van der Waals surface area contributed by atoms with Crippen LogP contribution in [0.25, 0.3) is 10.9 Å². The van der Waals surface area contributed by atoms with Crippen LogP contribution >= 0.6 is 11.8 Å². The number of hydrogen-bond acceptors (Lipinski definition) is 3. The number of aromatic nitrogens is 1. The number of nitrogens with zero attached hydrogens (tertiary/aromatic N) is 1. The summed E-state index contributed by atoms with van der Waals surface area (Å²) in [4.78, 5) is 30.7. The van der Waals surface area contributed by atoms with Crippen LogP contribution in [-0.2, 0) is 16.0 Å². The first-order chi connectivity index (χ1) is 13.5. The van der Waals surface area contributed by atoms with Crippen molar-refractivity contribution in [1.82, 2.24) is 9.88 Å². The minimum Gasteiger partial charge on any atom is -0.361 e. The van der Waals surface area contributed by atoms with Gasteiger partial charge in [0.05, 0.1) is 12.3 Å². The van der Waals surface area contributed by atoms with Crippen molar-refractivity contribution in [2.45, 2.75) is 26.3 Å². The van der Waals surface area contributed by atoms with E-state index in [1.54, 1.807) is 16.7 Å². The highest BCUT2D eigenvalue weighted by Gasteiger charge is 2.34. The van der Waals surface area contributed by atoms with E-state index in [1.165, 1.54) is 5.56 Å². The molecule has 1 unspecified atom stereocenters. The SMILES string of the molecule is Cc1ccc(NC(=O)C2CSCN2C(=O)Cc2c[nH]c3ccccc23)cc1C. The molecule has 1 aliphatic heterocycles. The highest BCUT2D eigenvalue weighted by Crippen LogP contribution is 2.25. The van der Waals surface area contributed by atoms with Gasteiger partial charge in [-0.2, -0.15) is 0 Å². The van der Waals surface area contributed by atoms with Crippen LogP contribution in [0.3, 0.4) is 0 Å². The molecule has 0 aliphatic carbocycles. The molecule has 5 nitrogen and oxygen atoms in total. The highest BCUT2D eigenvalue weighted by molar-refractivity contribution is 7.99. The monoisotopic (exact) mass is 393 g/mol. The standard InChI is InChI=1S/C22H23N3O2S/c1-14-7-8-17(9-15(14)2)24-22(27)20-12-28-13-25(20)21(26)10-16-11-23-19-6-4-3-5-18(16)19/h3-9,11,20,23H,10,12-13H2,1-2H3,(H,24,27). The van der Waals surface area contributed by atoms with Crippen LogP contribution in [0.4, 0.5) is 5.69 Å². The second-order valence-corrected chi connectivity index (χ2v) is 8.20. The Morgan fingerprint density at radius 3 is 2.82 bits per heavy atom. The van der Waals surface area contributed by atoms with Crippen LogP contribution in [0, 0.1) is 13.8 Å². The molecule has 1 aromatic heterocycles. The molecule has 0 radical (unpaired) electrons. The molecule has 2 N–H and O–H groups in total. The molecule has 0 saturated carbocycles. The Hall–Kier alpha value is -2.73. The Morgan fingerprint density at radius 2 is 2.00 bits per heavy atom. The topological polar surface area (TPSA) is 65.2 Å². The lowest BCUT2D eigenvalue weighted by Crippen LogP contribution is -2.45.